The molecule has 0 saturated carbocycles. The largest absolute Gasteiger partial charge is 0.497 e. The van der Waals surface area contributed by atoms with Crippen molar-refractivity contribution < 1.29 is 14.3 Å². The number of aromatic nitrogens is 2. The zero-order valence-electron chi connectivity index (χ0n) is 19.7. The molecule has 0 atom stereocenters. The third-order valence-corrected chi connectivity index (χ3v) is 6.02. The number of piperazine rings is 1. The Morgan fingerprint density at radius 3 is 2.27 bits per heavy atom. The number of ether oxygens (including phenoxy) is 2. The van der Waals surface area contributed by atoms with E-state index < -0.39 is 0 Å². The smallest absolute Gasteiger partial charge is 0.253 e. The van der Waals surface area contributed by atoms with Crippen LogP contribution >= 0.6 is 0 Å². The number of rotatable bonds is 6. The highest BCUT2D eigenvalue weighted by molar-refractivity contribution is 5.94. The van der Waals surface area contributed by atoms with Gasteiger partial charge >= 0.3 is 0 Å². The van der Waals surface area contributed by atoms with Crippen LogP contribution in [0.15, 0.2) is 48.5 Å². The van der Waals surface area contributed by atoms with Gasteiger partial charge in [0.2, 0.25) is 0 Å². The van der Waals surface area contributed by atoms with E-state index in [-0.39, 0.29) is 5.91 Å². The molecule has 1 saturated heterocycles. The number of nitrogens with zero attached hydrogens (tertiary/aromatic N) is 4. The first kappa shape index (κ1) is 22.6. The van der Waals surface area contributed by atoms with Crippen molar-refractivity contribution in [2.75, 3.05) is 45.3 Å². The summed E-state index contributed by atoms with van der Waals surface area (Å²) < 4.78 is 10.6. The molecule has 4 rings (SSSR count). The first-order valence-corrected chi connectivity index (χ1v) is 11.1. The molecule has 1 amide bonds. The summed E-state index contributed by atoms with van der Waals surface area (Å²) in [5.74, 6) is 3.34. The second-order valence-electron chi connectivity index (χ2n) is 8.19. The van der Waals surface area contributed by atoms with Crippen molar-refractivity contribution in [1.82, 2.24) is 14.9 Å². The van der Waals surface area contributed by atoms with Crippen LogP contribution in [0.5, 0.6) is 11.5 Å². The molecule has 0 spiro atoms. The molecule has 1 aliphatic heterocycles. The maximum Gasteiger partial charge on any atom is 0.253 e. The minimum Gasteiger partial charge on any atom is -0.497 e. The summed E-state index contributed by atoms with van der Waals surface area (Å²) in [7, 11) is 3.30. The number of benzene rings is 2. The van der Waals surface area contributed by atoms with Gasteiger partial charge in [0.1, 0.15) is 23.1 Å². The Balaban J connectivity index is 1.51. The van der Waals surface area contributed by atoms with Gasteiger partial charge in [0.25, 0.3) is 5.91 Å². The number of aryl methyl sites for hydroxylation is 2. The van der Waals surface area contributed by atoms with Crippen molar-refractivity contribution in [1.29, 1.82) is 0 Å². The number of carbonyl (C=O) groups excluding carboxylic acids is 1. The highest BCUT2D eigenvalue weighted by Crippen LogP contribution is 2.26. The van der Waals surface area contributed by atoms with Gasteiger partial charge in [-0.05, 0) is 55.8 Å². The van der Waals surface area contributed by atoms with Gasteiger partial charge in [0.15, 0.2) is 0 Å². The summed E-state index contributed by atoms with van der Waals surface area (Å²) in [6.45, 7) is 6.70. The number of anilines is 1. The molecule has 2 heterocycles. The van der Waals surface area contributed by atoms with E-state index in [2.05, 4.69) is 22.0 Å². The summed E-state index contributed by atoms with van der Waals surface area (Å²) in [6.07, 6.45) is 0.726. The normalized spacial score (nSPS) is 13.7. The third kappa shape index (κ3) is 5.08. The fourth-order valence-electron chi connectivity index (χ4n) is 4.21. The lowest BCUT2D eigenvalue weighted by atomic mass is 10.0. The van der Waals surface area contributed by atoms with E-state index in [0.29, 0.717) is 18.7 Å². The predicted octanol–water partition coefficient (Wildman–Crippen LogP) is 3.66. The molecule has 0 aliphatic carbocycles. The van der Waals surface area contributed by atoms with Crippen molar-refractivity contribution in [3.8, 4) is 11.5 Å². The van der Waals surface area contributed by atoms with Crippen LogP contribution in [-0.4, -0.2) is 61.2 Å². The fraction of sp³-hybridized carbons (Fsp3) is 0.346. The Kier molecular flexibility index (Phi) is 6.77. The van der Waals surface area contributed by atoms with Crippen molar-refractivity contribution in [3.63, 3.8) is 0 Å². The lowest BCUT2D eigenvalue weighted by Crippen LogP contribution is -2.49. The van der Waals surface area contributed by atoms with Crippen molar-refractivity contribution in [2.45, 2.75) is 20.3 Å². The first-order valence-electron chi connectivity index (χ1n) is 11.1. The maximum atomic E-state index is 12.9. The van der Waals surface area contributed by atoms with Crippen LogP contribution in [-0.2, 0) is 6.42 Å². The van der Waals surface area contributed by atoms with E-state index in [0.717, 1.165) is 59.5 Å². The second kappa shape index (κ2) is 9.90. The number of hydrogen-bond donors (Lipinski definition) is 0. The first-order chi connectivity index (χ1) is 16.0. The van der Waals surface area contributed by atoms with Crippen molar-refractivity contribution in [3.05, 3.63) is 76.7 Å². The van der Waals surface area contributed by atoms with Crippen molar-refractivity contribution >= 4 is 11.7 Å². The van der Waals surface area contributed by atoms with Crippen molar-refractivity contribution in [2.24, 2.45) is 0 Å². The Bertz CT molecular complexity index is 1120. The van der Waals surface area contributed by atoms with Gasteiger partial charge in [-0.15, -0.1) is 0 Å². The molecule has 7 nitrogen and oxygen atoms in total. The van der Waals surface area contributed by atoms with Crippen LogP contribution in [0, 0.1) is 13.8 Å². The second-order valence-corrected chi connectivity index (χ2v) is 8.19. The van der Waals surface area contributed by atoms with Crippen LogP contribution in [0.3, 0.4) is 0 Å². The molecule has 0 radical (unpaired) electrons. The summed E-state index contributed by atoms with van der Waals surface area (Å²) in [5.41, 5.74) is 3.93. The summed E-state index contributed by atoms with van der Waals surface area (Å²) in [4.78, 5) is 26.6. The Morgan fingerprint density at radius 2 is 1.61 bits per heavy atom. The number of methoxy groups -OCH3 is 2. The zero-order valence-corrected chi connectivity index (χ0v) is 19.7. The van der Waals surface area contributed by atoms with Crippen LogP contribution in [0.1, 0.15) is 33.0 Å². The fourth-order valence-corrected chi connectivity index (χ4v) is 4.21. The van der Waals surface area contributed by atoms with Crippen LogP contribution in [0.4, 0.5) is 5.82 Å². The lowest BCUT2D eigenvalue weighted by molar-refractivity contribution is 0.0746. The van der Waals surface area contributed by atoms with E-state index in [9.17, 15) is 4.79 Å². The molecule has 0 bridgehead atoms. The van der Waals surface area contributed by atoms with Crippen LogP contribution in [0.25, 0.3) is 0 Å². The standard InChI is InChI=1S/C26H30N4O3/c1-18-24(17-20-6-5-7-23(16-20)33-4)25(28-19(2)27-18)29-12-14-30(15-13-29)26(31)21-8-10-22(32-3)11-9-21/h5-11,16H,12-15,17H2,1-4H3. The highest BCUT2D eigenvalue weighted by atomic mass is 16.5. The third-order valence-electron chi connectivity index (χ3n) is 6.02. The van der Waals surface area contributed by atoms with E-state index in [1.165, 1.54) is 0 Å². The van der Waals surface area contributed by atoms with Gasteiger partial charge < -0.3 is 19.3 Å². The number of amides is 1. The molecular weight excluding hydrogens is 416 g/mol. The average molecular weight is 447 g/mol. The van der Waals surface area contributed by atoms with Crippen LogP contribution < -0.4 is 14.4 Å². The van der Waals surface area contributed by atoms with E-state index >= 15 is 0 Å². The van der Waals surface area contributed by atoms with Gasteiger partial charge in [-0.1, -0.05) is 12.1 Å². The SMILES string of the molecule is COc1ccc(C(=O)N2CCN(c3nc(C)nc(C)c3Cc3cccc(OC)c3)CC2)cc1. The molecule has 3 aromatic rings. The summed E-state index contributed by atoms with van der Waals surface area (Å²) in [6, 6.07) is 15.4. The van der Waals surface area contributed by atoms with Gasteiger partial charge in [-0.25, -0.2) is 9.97 Å². The van der Waals surface area contributed by atoms with Crippen LogP contribution in [0.2, 0.25) is 0 Å². The molecule has 1 fully saturated rings. The Morgan fingerprint density at radius 1 is 0.909 bits per heavy atom. The molecule has 1 aromatic heterocycles. The predicted molar refractivity (Wildman–Crippen MR) is 128 cm³/mol. The molecular formula is C26H30N4O3. The zero-order chi connectivity index (χ0) is 23.4. The van der Waals surface area contributed by atoms with E-state index in [4.69, 9.17) is 14.5 Å². The molecule has 33 heavy (non-hydrogen) atoms. The lowest BCUT2D eigenvalue weighted by Gasteiger charge is -2.36. The topological polar surface area (TPSA) is 67.8 Å². The molecule has 0 unspecified atom stereocenters. The van der Waals surface area contributed by atoms with E-state index in [1.807, 2.05) is 55.1 Å². The van der Waals surface area contributed by atoms with Gasteiger partial charge in [-0.2, -0.15) is 0 Å². The molecule has 7 heteroatoms. The number of carbonyl (C=O) groups is 1. The average Bonchev–Trinajstić information content (AvgIpc) is 2.85. The maximum absolute atomic E-state index is 12.9. The number of hydrogen-bond acceptors (Lipinski definition) is 6. The Labute approximate surface area is 195 Å². The van der Waals surface area contributed by atoms with Gasteiger partial charge in [0.05, 0.1) is 14.2 Å². The molecule has 1 aliphatic rings. The quantitative estimate of drug-likeness (QED) is 0.576. The summed E-state index contributed by atoms with van der Waals surface area (Å²) in [5, 5.41) is 0. The highest BCUT2D eigenvalue weighted by Gasteiger charge is 2.25. The van der Waals surface area contributed by atoms with Gasteiger partial charge in [0, 0.05) is 49.4 Å². The monoisotopic (exact) mass is 446 g/mol. The van der Waals surface area contributed by atoms with E-state index in [1.54, 1.807) is 14.2 Å². The molecule has 0 N–H and O–H groups in total. The minimum atomic E-state index is 0.0453. The molecule has 172 valence electrons. The Hall–Kier alpha value is -3.61. The van der Waals surface area contributed by atoms with Gasteiger partial charge in [-0.3, -0.25) is 4.79 Å². The minimum absolute atomic E-state index is 0.0453. The summed E-state index contributed by atoms with van der Waals surface area (Å²) >= 11 is 0. The molecule has 2 aromatic carbocycles.